The number of hydrogen-bond acceptors (Lipinski definition) is 4. The lowest BCUT2D eigenvalue weighted by Gasteiger charge is -2.22. The minimum absolute atomic E-state index is 0.244. The quantitative estimate of drug-likeness (QED) is 0.709. The van der Waals surface area contributed by atoms with Crippen LogP contribution in [0.25, 0.3) is 0 Å². The van der Waals surface area contributed by atoms with Gasteiger partial charge in [0.2, 0.25) is 0 Å². The summed E-state index contributed by atoms with van der Waals surface area (Å²) in [5, 5.41) is 0. The zero-order valence-corrected chi connectivity index (χ0v) is 8.81. The number of carbonyl (C=O) groups excluding carboxylic acids is 1. The maximum atomic E-state index is 11.7. The van der Waals surface area contributed by atoms with Crippen LogP contribution in [0.15, 0.2) is 22.8 Å². The van der Waals surface area contributed by atoms with Crippen molar-refractivity contribution < 1.29 is 13.9 Å². The summed E-state index contributed by atoms with van der Waals surface area (Å²) in [6.07, 6.45) is 3.85. The lowest BCUT2D eigenvalue weighted by Crippen LogP contribution is -2.32. The molecule has 0 N–H and O–H groups in total. The van der Waals surface area contributed by atoms with Crippen molar-refractivity contribution >= 4 is 5.97 Å². The molecule has 0 saturated carbocycles. The van der Waals surface area contributed by atoms with Crippen molar-refractivity contribution in [2.45, 2.75) is 18.9 Å². The third-order valence-corrected chi connectivity index (χ3v) is 2.74. The summed E-state index contributed by atoms with van der Waals surface area (Å²) < 4.78 is 10.1. The van der Waals surface area contributed by atoms with Crippen molar-refractivity contribution in [2.75, 3.05) is 20.2 Å². The van der Waals surface area contributed by atoms with Crippen LogP contribution in [0.3, 0.4) is 0 Å². The van der Waals surface area contributed by atoms with Gasteiger partial charge in [-0.05, 0) is 38.1 Å². The van der Waals surface area contributed by atoms with E-state index >= 15 is 0 Å². The van der Waals surface area contributed by atoms with E-state index in [1.165, 1.54) is 7.11 Å². The first-order chi connectivity index (χ1) is 7.33. The Balaban J connectivity index is 2.19. The van der Waals surface area contributed by atoms with Crippen LogP contribution in [0.1, 0.15) is 24.6 Å². The van der Waals surface area contributed by atoms with Crippen LogP contribution in [0.4, 0.5) is 0 Å². The molecule has 1 aromatic rings. The van der Waals surface area contributed by atoms with E-state index in [2.05, 4.69) is 4.90 Å². The van der Waals surface area contributed by atoms with E-state index in [-0.39, 0.29) is 12.0 Å². The highest BCUT2D eigenvalue weighted by Crippen LogP contribution is 2.26. The molecule has 0 radical (unpaired) electrons. The average molecular weight is 209 g/mol. The van der Waals surface area contributed by atoms with E-state index in [1.807, 2.05) is 6.07 Å². The third kappa shape index (κ3) is 2.04. The first-order valence-corrected chi connectivity index (χ1v) is 5.18. The van der Waals surface area contributed by atoms with Gasteiger partial charge in [0.1, 0.15) is 5.76 Å². The summed E-state index contributed by atoms with van der Waals surface area (Å²) in [4.78, 5) is 13.8. The summed E-state index contributed by atoms with van der Waals surface area (Å²) in [6, 6.07) is 3.24. The number of furan rings is 1. The van der Waals surface area contributed by atoms with Crippen molar-refractivity contribution in [3.63, 3.8) is 0 Å². The molecule has 1 aliphatic rings. The van der Waals surface area contributed by atoms with Crippen molar-refractivity contribution in [3.8, 4) is 0 Å². The van der Waals surface area contributed by atoms with Crippen molar-refractivity contribution in [1.82, 2.24) is 4.90 Å². The largest absolute Gasteiger partial charge is 0.467 e. The van der Waals surface area contributed by atoms with Gasteiger partial charge in [-0.1, -0.05) is 0 Å². The standard InChI is InChI=1S/C11H15NO3/c1-14-11(13)10(9-5-4-8-15-9)12-6-2-3-7-12/h4-5,8,10H,2-3,6-7H2,1H3. The number of methoxy groups -OCH3 is 1. The smallest absolute Gasteiger partial charge is 0.331 e. The summed E-state index contributed by atoms with van der Waals surface area (Å²) in [5.41, 5.74) is 0. The Kier molecular flexibility index (Phi) is 3.06. The fraction of sp³-hybridized carbons (Fsp3) is 0.545. The van der Waals surface area contributed by atoms with Gasteiger partial charge in [-0.25, -0.2) is 4.79 Å². The predicted octanol–water partition coefficient (Wildman–Crippen LogP) is 1.59. The van der Waals surface area contributed by atoms with E-state index in [4.69, 9.17) is 9.15 Å². The normalized spacial score (nSPS) is 19.0. The molecule has 2 rings (SSSR count). The highest BCUT2D eigenvalue weighted by atomic mass is 16.5. The second-order valence-electron chi connectivity index (χ2n) is 3.68. The molecule has 0 bridgehead atoms. The molecule has 1 aliphatic heterocycles. The molecule has 1 saturated heterocycles. The Hall–Kier alpha value is -1.29. The molecule has 82 valence electrons. The molecule has 1 atom stereocenters. The molecule has 15 heavy (non-hydrogen) atoms. The number of esters is 1. The molecular weight excluding hydrogens is 194 g/mol. The maximum absolute atomic E-state index is 11.7. The Morgan fingerprint density at radius 2 is 2.27 bits per heavy atom. The molecule has 0 aliphatic carbocycles. The van der Waals surface area contributed by atoms with Gasteiger partial charge in [0.05, 0.1) is 13.4 Å². The molecule has 0 aromatic carbocycles. The van der Waals surface area contributed by atoms with E-state index in [0.29, 0.717) is 5.76 Å². The first-order valence-electron chi connectivity index (χ1n) is 5.18. The SMILES string of the molecule is COC(=O)C(c1ccco1)N1CCCC1. The molecule has 1 aromatic heterocycles. The number of likely N-dealkylation sites (tertiary alicyclic amines) is 1. The third-order valence-electron chi connectivity index (χ3n) is 2.74. The zero-order chi connectivity index (χ0) is 10.7. The van der Waals surface area contributed by atoms with Crippen LogP contribution in [0, 0.1) is 0 Å². The van der Waals surface area contributed by atoms with Gasteiger partial charge in [-0.15, -0.1) is 0 Å². The van der Waals surface area contributed by atoms with Crippen LogP contribution in [0.5, 0.6) is 0 Å². The Morgan fingerprint density at radius 1 is 1.53 bits per heavy atom. The fourth-order valence-electron chi connectivity index (χ4n) is 2.00. The maximum Gasteiger partial charge on any atom is 0.331 e. The fourth-order valence-corrected chi connectivity index (χ4v) is 2.00. The van der Waals surface area contributed by atoms with Crippen LogP contribution < -0.4 is 0 Å². The molecular formula is C11H15NO3. The topological polar surface area (TPSA) is 42.7 Å². The van der Waals surface area contributed by atoms with Crippen LogP contribution in [0.2, 0.25) is 0 Å². The molecule has 4 heteroatoms. The first kappa shape index (κ1) is 10.2. The number of rotatable bonds is 3. The Labute approximate surface area is 88.8 Å². The van der Waals surface area contributed by atoms with Crippen LogP contribution >= 0.6 is 0 Å². The van der Waals surface area contributed by atoms with Gasteiger partial charge in [0.25, 0.3) is 0 Å². The predicted molar refractivity (Wildman–Crippen MR) is 54.3 cm³/mol. The highest BCUT2D eigenvalue weighted by Gasteiger charge is 2.32. The van der Waals surface area contributed by atoms with E-state index in [0.717, 1.165) is 25.9 Å². The van der Waals surface area contributed by atoms with Crippen LogP contribution in [-0.4, -0.2) is 31.1 Å². The van der Waals surface area contributed by atoms with Gasteiger partial charge in [-0.3, -0.25) is 4.90 Å². The number of nitrogens with zero attached hydrogens (tertiary/aromatic N) is 1. The molecule has 2 heterocycles. The molecule has 1 unspecified atom stereocenters. The summed E-state index contributed by atoms with van der Waals surface area (Å²) in [6.45, 7) is 1.86. The Morgan fingerprint density at radius 3 is 2.80 bits per heavy atom. The second-order valence-corrected chi connectivity index (χ2v) is 3.68. The van der Waals surface area contributed by atoms with Gasteiger partial charge in [-0.2, -0.15) is 0 Å². The molecule has 4 nitrogen and oxygen atoms in total. The molecule has 0 amide bonds. The number of carbonyl (C=O) groups is 1. The van der Waals surface area contributed by atoms with E-state index < -0.39 is 0 Å². The zero-order valence-electron chi connectivity index (χ0n) is 8.81. The summed E-state index contributed by atoms with van der Waals surface area (Å²) in [7, 11) is 1.41. The van der Waals surface area contributed by atoms with E-state index in [1.54, 1.807) is 12.3 Å². The van der Waals surface area contributed by atoms with Gasteiger partial charge in [0.15, 0.2) is 6.04 Å². The van der Waals surface area contributed by atoms with Gasteiger partial charge < -0.3 is 9.15 Å². The highest BCUT2D eigenvalue weighted by molar-refractivity contribution is 5.76. The van der Waals surface area contributed by atoms with Crippen molar-refractivity contribution in [2.24, 2.45) is 0 Å². The summed E-state index contributed by atoms with van der Waals surface area (Å²) >= 11 is 0. The summed E-state index contributed by atoms with van der Waals surface area (Å²) in [5.74, 6) is 0.426. The minimum Gasteiger partial charge on any atom is -0.467 e. The van der Waals surface area contributed by atoms with Crippen molar-refractivity contribution in [3.05, 3.63) is 24.2 Å². The average Bonchev–Trinajstić information content (AvgIpc) is 2.90. The lowest BCUT2D eigenvalue weighted by molar-refractivity contribution is -0.147. The van der Waals surface area contributed by atoms with Crippen LogP contribution in [-0.2, 0) is 9.53 Å². The molecule has 0 spiro atoms. The van der Waals surface area contributed by atoms with E-state index in [9.17, 15) is 4.79 Å². The van der Waals surface area contributed by atoms with Gasteiger partial charge in [0, 0.05) is 0 Å². The second kappa shape index (κ2) is 4.49. The molecule has 1 fully saturated rings. The monoisotopic (exact) mass is 209 g/mol. The minimum atomic E-state index is -0.368. The van der Waals surface area contributed by atoms with Gasteiger partial charge >= 0.3 is 5.97 Å². The number of ether oxygens (including phenoxy) is 1. The Bertz CT molecular complexity index is 315. The lowest BCUT2D eigenvalue weighted by atomic mass is 10.2. The number of hydrogen-bond donors (Lipinski definition) is 0. The van der Waals surface area contributed by atoms with Crippen molar-refractivity contribution in [1.29, 1.82) is 0 Å².